The van der Waals surface area contributed by atoms with E-state index in [4.69, 9.17) is 23.2 Å². The Morgan fingerprint density at radius 2 is 1.95 bits per heavy atom. The molecule has 0 spiro atoms. The molecule has 20 heavy (non-hydrogen) atoms. The molecule has 1 aliphatic rings. The molecule has 0 saturated carbocycles. The van der Waals surface area contributed by atoms with Gasteiger partial charge in [-0.25, -0.2) is 0 Å². The molecule has 1 aliphatic heterocycles. The Labute approximate surface area is 132 Å². The van der Waals surface area contributed by atoms with Crippen molar-refractivity contribution in [2.24, 2.45) is 5.92 Å². The van der Waals surface area contributed by atoms with Crippen LogP contribution in [-0.4, -0.2) is 30.6 Å². The first kappa shape index (κ1) is 16.1. The zero-order chi connectivity index (χ0) is 14.5. The molecule has 0 aliphatic carbocycles. The van der Waals surface area contributed by atoms with Gasteiger partial charge in [0.15, 0.2) is 0 Å². The van der Waals surface area contributed by atoms with E-state index in [-0.39, 0.29) is 0 Å². The maximum atomic E-state index is 6.09. The van der Waals surface area contributed by atoms with Crippen LogP contribution >= 0.6 is 23.2 Å². The van der Waals surface area contributed by atoms with Crippen LogP contribution in [0.15, 0.2) is 18.2 Å². The highest BCUT2D eigenvalue weighted by Crippen LogP contribution is 2.21. The molecule has 0 bridgehead atoms. The van der Waals surface area contributed by atoms with Crippen molar-refractivity contribution < 1.29 is 0 Å². The van der Waals surface area contributed by atoms with E-state index in [0.29, 0.717) is 12.0 Å². The third-order valence-corrected chi connectivity index (χ3v) is 4.03. The number of nitrogens with zero attached hydrogens (tertiary/aromatic N) is 1. The van der Waals surface area contributed by atoms with Gasteiger partial charge in [0, 0.05) is 35.7 Å². The van der Waals surface area contributed by atoms with E-state index >= 15 is 0 Å². The lowest BCUT2D eigenvalue weighted by molar-refractivity contribution is 0.216. The van der Waals surface area contributed by atoms with Crippen molar-refractivity contribution in [2.45, 2.75) is 39.3 Å². The zero-order valence-electron chi connectivity index (χ0n) is 12.3. The minimum absolute atomic E-state index is 0.628. The van der Waals surface area contributed by atoms with Crippen LogP contribution in [0.5, 0.6) is 0 Å². The van der Waals surface area contributed by atoms with E-state index in [1.165, 1.54) is 18.4 Å². The Morgan fingerprint density at radius 3 is 2.50 bits per heavy atom. The van der Waals surface area contributed by atoms with Crippen LogP contribution in [0.2, 0.25) is 10.0 Å². The summed E-state index contributed by atoms with van der Waals surface area (Å²) in [5.74, 6) is 0.658. The molecule has 2 rings (SSSR count). The first-order valence-corrected chi connectivity index (χ1v) is 8.19. The van der Waals surface area contributed by atoms with Gasteiger partial charge in [-0.15, -0.1) is 0 Å². The molecular formula is C16H24Cl2N2. The molecule has 1 heterocycles. The number of benzene rings is 1. The van der Waals surface area contributed by atoms with Crippen LogP contribution in [-0.2, 0) is 6.54 Å². The molecule has 1 atom stereocenters. The number of halogens is 2. The van der Waals surface area contributed by atoms with E-state index in [1.807, 2.05) is 12.1 Å². The van der Waals surface area contributed by atoms with Gasteiger partial charge in [0.2, 0.25) is 0 Å². The van der Waals surface area contributed by atoms with Gasteiger partial charge in [0.1, 0.15) is 0 Å². The predicted octanol–water partition coefficient (Wildman–Crippen LogP) is 4.20. The van der Waals surface area contributed by atoms with Gasteiger partial charge in [-0.2, -0.15) is 0 Å². The molecular weight excluding hydrogens is 291 g/mol. The summed E-state index contributed by atoms with van der Waals surface area (Å²) >= 11 is 12.2. The maximum Gasteiger partial charge on any atom is 0.0424 e. The summed E-state index contributed by atoms with van der Waals surface area (Å²) in [7, 11) is 0. The summed E-state index contributed by atoms with van der Waals surface area (Å²) in [6, 6.07) is 6.45. The van der Waals surface area contributed by atoms with Gasteiger partial charge in [-0.05, 0) is 49.1 Å². The first-order chi connectivity index (χ1) is 9.52. The smallest absolute Gasteiger partial charge is 0.0424 e. The van der Waals surface area contributed by atoms with Crippen molar-refractivity contribution in [1.82, 2.24) is 10.2 Å². The van der Waals surface area contributed by atoms with Gasteiger partial charge in [-0.3, -0.25) is 4.90 Å². The highest BCUT2D eigenvalue weighted by molar-refractivity contribution is 6.34. The lowest BCUT2D eigenvalue weighted by atomic mass is 10.1. The molecule has 1 unspecified atom stereocenters. The van der Waals surface area contributed by atoms with E-state index in [9.17, 15) is 0 Å². The fourth-order valence-electron chi connectivity index (χ4n) is 2.90. The second kappa shape index (κ2) is 7.65. The van der Waals surface area contributed by atoms with Gasteiger partial charge in [0.05, 0.1) is 0 Å². The fraction of sp³-hybridized carbons (Fsp3) is 0.625. The topological polar surface area (TPSA) is 15.3 Å². The van der Waals surface area contributed by atoms with Crippen molar-refractivity contribution in [3.8, 4) is 0 Å². The largest absolute Gasteiger partial charge is 0.313 e. The summed E-state index contributed by atoms with van der Waals surface area (Å²) in [6.07, 6.45) is 2.58. The molecule has 0 amide bonds. The molecule has 0 radical (unpaired) electrons. The monoisotopic (exact) mass is 314 g/mol. The average Bonchev–Trinajstić information content (AvgIpc) is 2.79. The lowest BCUT2D eigenvalue weighted by Crippen LogP contribution is -2.38. The summed E-state index contributed by atoms with van der Waals surface area (Å²) in [4.78, 5) is 2.51. The van der Waals surface area contributed by atoms with Crippen LogP contribution in [0.1, 0.15) is 32.3 Å². The standard InChI is InChI=1S/C16H24Cl2N2/c1-12(2)9-20(11-16-4-3-5-19-16)10-13-6-14(17)8-15(18)7-13/h6-8,12,16,19H,3-5,9-11H2,1-2H3. The van der Waals surface area contributed by atoms with Crippen LogP contribution in [0.4, 0.5) is 0 Å². The van der Waals surface area contributed by atoms with Gasteiger partial charge in [-0.1, -0.05) is 37.0 Å². The number of hydrogen-bond acceptors (Lipinski definition) is 2. The van der Waals surface area contributed by atoms with Crippen molar-refractivity contribution >= 4 is 23.2 Å². The zero-order valence-corrected chi connectivity index (χ0v) is 13.8. The maximum absolute atomic E-state index is 6.09. The van der Waals surface area contributed by atoms with Crippen molar-refractivity contribution in [1.29, 1.82) is 0 Å². The van der Waals surface area contributed by atoms with Crippen molar-refractivity contribution in [3.05, 3.63) is 33.8 Å². The van der Waals surface area contributed by atoms with Gasteiger partial charge >= 0.3 is 0 Å². The molecule has 1 aromatic rings. The molecule has 1 saturated heterocycles. The third-order valence-electron chi connectivity index (χ3n) is 3.59. The van der Waals surface area contributed by atoms with Crippen LogP contribution in [0.3, 0.4) is 0 Å². The second-order valence-electron chi connectivity index (χ2n) is 6.16. The highest BCUT2D eigenvalue weighted by Gasteiger charge is 2.18. The van der Waals surface area contributed by atoms with E-state index in [2.05, 4.69) is 24.1 Å². The van der Waals surface area contributed by atoms with Gasteiger partial charge < -0.3 is 5.32 Å². The third kappa shape index (κ3) is 5.25. The highest BCUT2D eigenvalue weighted by atomic mass is 35.5. The Kier molecular flexibility index (Phi) is 6.16. The minimum Gasteiger partial charge on any atom is -0.313 e. The normalized spacial score (nSPS) is 19.2. The molecule has 1 fully saturated rings. The number of hydrogen-bond donors (Lipinski definition) is 1. The SMILES string of the molecule is CC(C)CN(Cc1cc(Cl)cc(Cl)c1)CC1CCCN1. The summed E-state index contributed by atoms with van der Waals surface area (Å²) in [5, 5.41) is 5.01. The quantitative estimate of drug-likeness (QED) is 0.846. The van der Waals surface area contributed by atoms with E-state index in [0.717, 1.165) is 36.2 Å². The molecule has 1 aromatic carbocycles. The predicted molar refractivity (Wildman–Crippen MR) is 87.6 cm³/mol. The average molecular weight is 315 g/mol. The van der Waals surface area contributed by atoms with E-state index in [1.54, 1.807) is 6.07 Å². The van der Waals surface area contributed by atoms with Crippen LogP contribution in [0, 0.1) is 5.92 Å². The Balaban J connectivity index is 2.01. The van der Waals surface area contributed by atoms with Crippen LogP contribution in [0.25, 0.3) is 0 Å². The molecule has 4 heteroatoms. The molecule has 112 valence electrons. The number of rotatable bonds is 6. The Hall–Kier alpha value is -0.280. The molecule has 2 nitrogen and oxygen atoms in total. The Morgan fingerprint density at radius 1 is 1.25 bits per heavy atom. The molecule has 0 aromatic heterocycles. The summed E-state index contributed by atoms with van der Waals surface area (Å²) in [6.45, 7) is 8.80. The molecule has 1 N–H and O–H groups in total. The summed E-state index contributed by atoms with van der Waals surface area (Å²) in [5.41, 5.74) is 1.20. The van der Waals surface area contributed by atoms with Gasteiger partial charge in [0.25, 0.3) is 0 Å². The fourth-order valence-corrected chi connectivity index (χ4v) is 3.48. The van der Waals surface area contributed by atoms with Crippen LogP contribution < -0.4 is 5.32 Å². The Bertz CT molecular complexity index is 408. The minimum atomic E-state index is 0.628. The lowest BCUT2D eigenvalue weighted by Gasteiger charge is -2.27. The van der Waals surface area contributed by atoms with Crippen molar-refractivity contribution in [3.63, 3.8) is 0 Å². The second-order valence-corrected chi connectivity index (χ2v) is 7.03. The summed E-state index contributed by atoms with van der Waals surface area (Å²) < 4.78 is 0. The first-order valence-electron chi connectivity index (χ1n) is 7.43. The van der Waals surface area contributed by atoms with E-state index < -0.39 is 0 Å². The van der Waals surface area contributed by atoms with Crippen molar-refractivity contribution in [2.75, 3.05) is 19.6 Å². The number of nitrogens with one attached hydrogen (secondary N) is 1.